The Balaban J connectivity index is 2.12. The molecule has 2 rings (SSSR count). The number of amides is 2. The van der Waals surface area contributed by atoms with Gasteiger partial charge in [0.05, 0.1) is 17.8 Å². The molecule has 2 aromatic rings. The number of hydrogen-bond acceptors (Lipinski definition) is 6. The third kappa shape index (κ3) is 8.06. The van der Waals surface area contributed by atoms with Gasteiger partial charge in [-0.15, -0.1) is 11.8 Å². The maximum atomic E-state index is 13.3. The maximum Gasteiger partial charge on any atom is 0.269 e. The van der Waals surface area contributed by atoms with E-state index in [1.807, 2.05) is 45.0 Å². The molecule has 8 nitrogen and oxygen atoms in total. The lowest BCUT2D eigenvalue weighted by Gasteiger charge is -2.31. The number of benzene rings is 2. The smallest absolute Gasteiger partial charge is 0.269 e. The van der Waals surface area contributed by atoms with Crippen molar-refractivity contribution >= 4 is 29.3 Å². The second-order valence-corrected chi connectivity index (χ2v) is 9.01. The van der Waals surface area contributed by atoms with Crippen molar-refractivity contribution in [3.8, 4) is 5.75 Å². The molecule has 0 radical (unpaired) electrons. The number of nitro groups is 1. The Bertz CT molecular complexity index is 950. The number of nitrogens with one attached hydrogen (secondary N) is 1. The van der Waals surface area contributed by atoms with E-state index in [2.05, 4.69) is 5.32 Å². The van der Waals surface area contributed by atoms with Gasteiger partial charge in [0.2, 0.25) is 11.8 Å². The Morgan fingerprint density at radius 3 is 2.21 bits per heavy atom. The number of non-ortho nitro benzene ring substituents is 1. The zero-order chi connectivity index (χ0) is 25.1. The molecule has 184 valence electrons. The average molecular weight is 488 g/mol. The van der Waals surface area contributed by atoms with Gasteiger partial charge in [0.25, 0.3) is 5.69 Å². The predicted molar refractivity (Wildman–Crippen MR) is 135 cm³/mol. The summed E-state index contributed by atoms with van der Waals surface area (Å²) in [5, 5.41) is 13.8. The zero-order valence-corrected chi connectivity index (χ0v) is 21.0. The standard InChI is InChI=1S/C25H33N3O5S/c1-5-18(3)26-25(30)23(6-2)27(15-19-9-13-22(33-4)14-10-19)24(29)17-34-16-20-7-11-21(12-8-20)28(31)32/h7-14,18,23H,5-6,15-17H2,1-4H3,(H,26,30)/t18-,23-/m0/s1. The van der Waals surface area contributed by atoms with Crippen LogP contribution in [0.25, 0.3) is 0 Å². The van der Waals surface area contributed by atoms with Gasteiger partial charge in [0.15, 0.2) is 0 Å². The van der Waals surface area contributed by atoms with Crippen molar-refractivity contribution in [1.29, 1.82) is 0 Å². The molecule has 34 heavy (non-hydrogen) atoms. The van der Waals surface area contributed by atoms with Crippen LogP contribution in [0.1, 0.15) is 44.7 Å². The Kier molecular flexibility index (Phi) is 10.9. The third-order valence-electron chi connectivity index (χ3n) is 5.54. The van der Waals surface area contributed by atoms with Crippen LogP contribution in [0.15, 0.2) is 48.5 Å². The first-order valence-electron chi connectivity index (χ1n) is 11.3. The highest BCUT2D eigenvalue weighted by molar-refractivity contribution is 7.99. The minimum atomic E-state index is -0.580. The van der Waals surface area contributed by atoms with Crippen molar-refractivity contribution in [3.63, 3.8) is 0 Å². The quantitative estimate of drug-likeness (QED) is 0.328. The van der Waals surface area contributed by atoms with E-state index < -0.39 is 11.0 Å². The highest BCUT2D eigenvalue weighted by Gasteiger charge is 2.29. The Hall–Kier alpha value is -3.07. The fourth-order valence-electron chi connectivity index (χ4n) is 3.34. The van der Waals surface area contributed by atoms with Gasteiger partial charge in [0, 0.05) is 30.5 Å². The molecule has 0 saturated heterocycles. The highest BCUT2D eigenvalue weighted by atomic mass is 32.2. The molecule has 0 spiro atoms. The maximum absolute atomic E-state index is 13.3. The molecule has 2 aromatic carbocycles. The van der Waals surface area contributed by atoms with Crippen LogP contribution in [-0.4, -0.2) is 46.6 Å². The Morgan fingerprint density at radius 1 is 1.06 bits per heavy atom. The lowest BCUT2D eigenvalue weighted by molar-refractivity contribution is -0.384. The van der Waals surface area contributed by atoms with Crippen LogP contribution in [-0.2, 0) is 21.9 Å². The molecule has 9 heteroatoms. The number of nitrogens with zero attached hydrogens (tertiary/aromatic N) is 2. The van der Waals surface area contributed by atoms with Gasteiger partial charge in [-0.05, 0) is 43.0 Å². The van der Waals surface area contributed by atoms with Crippen LogP contribution in [0, 0.1) is 10.1 Å². The van der Waals surface area contributed by atoms with E-state index in [0.29, 0.717) is 18.7 Å². The number of carbonyl (C=O) groups is 2. The summed E-state index contributed by atoms with van der Waals surface area (Å²) in [6.07, 6.45) is 1.30. The van der Waals surface area contributed by atoms with Gasteiger partial charge in [-0.1, -0.05) is 38.1 Å². The molecule has 0 aliphatic heterocycles. The number of rotatable bonds is 13. The first kappa shape index (κ1) is 27.2. The summed E-state index contributed by atoms with van der Waals surface area (Å²) in [4.78, 5) is 38.3. The molecule has 0 aromatic heterocycles. The Morgan fingerprint density at radius 2 is 1.68 bits per heavy atom. The van der Waals surface area contributed by atoms with E-state index in [9.17, 15) is 19.7 Å². The molecular formula is C25H33N3O5S. The Labute approximate surface area is 205 Å². The van der Waals surface area contributed by atoms with E-state index in [0.717, 1.165) is 23.3 Å². The molecule has 0 unspecified atom stereocenters. The van der Waals surface area contributed by atoms with Crippen LogP contribution in [0.2, 0.25) is 0 Å². The van der Waals surface area contributed by atoms with Gasteiger partial charge < -0.3 is 15.0 Å². The van der Waals surface area contributed by atoms with Crippen LogP contribution in [0.4, 0.5) is 5.69 Å². The second kappa shape index (κ2) is 13.6. The van der Waals surface area contributed by atoms with Crippen molar-refractivity contribution in [2.24, 2.45) is 0 Å². The lowest BCUT2D eigenvalue weighted by Crippen LogP contribution is -2.51. The number of methoxy groups -OCH3 is 1. The van der Waals surface area contributed by atoms with Crippen LogP contribution in [0.5, 0.6) is 5.75 Å². The highest BCUT2D eigenvalue weighted by Crippen LogP contribution is 2.20. The first-order chi connectivity index (χ1) is 16.3. The predicted octanol–water partition coefficient (Wildman–Crippen LogP) is 4.56. The monoisotopic (exact) mass is 487 g/mol. The van der Waals surface area contributed by atoms with E-state index >= 15 is 0 Å². The summed E-state index contributed by atoms with van der Waals surface area (Å²) in [6, 6.07) is 13.2. The minimum Gasteiger partial charge on any atom is -0.497 e. The van der Waals surface area contributed by atoms with Gasteiger partial charge >= 0.3 is 0 Å². The molecule has 2 atom stereocenters. The molecule has 0 aliphatic rings. The minimum absolute atomic E-state index is 0.0241. The number of ether oxygens (including phenoxy) is 1. The molecule has 0 fully saturated rings. The van der Waals surface area contributed by atoms with E-state index in [4.69, 9.17) is 4.74 Å². The topological polar surface area (TPSA) is 102 Å². The molecule has 2 amide bonds. The number of nitro benzene ring substituents is 1. The van der Waals surface area contributed by atoms with Crippen molar-refractivity contribution in [2.45, 2.75) is 58.0 Å². The zero-order valence-electron chi connectivity index (χ0n) is 20.2. The second-order valence-electron chi connectivity index (χ2n) is 8.03. The summed E-state index contributed by atoms with van der Waals surface area (Å²) in [5.74, 6) is 1.17. The average Bonchev–Trinajstić information content (AvgIpc) is 2.84. The van der Waals surface area contributed by atoms with Crippen LogP contribution in [0.3, 0.4) is 0 Å². The first-order valence-corrected chi connectivity index (χ1v) is 12.5. The summed E-state index contributed by atoms with van der Waals surface area (Å²) in [7, 11) is 1.60. The van der Waals surface area contributed by atoms with Crippen molar-refractivity contribution in [1.82, 2.24) is 10.2 Å². The summed E-state index contributed by atoms with van der Waals surface area (Å²) in [5.41, 5.74) is 1.84. The number of thioether (sulfide) groups is 1. The van der Waals surface area contributed by atoms with Gasteiger partial charge in [-0.25, -0.2) is 0 Å². The van der Waals surface area contributed by atoms with Crippen LogP contribution < -0.4 is 10.1 Å². The van der Waals surface area contributed by atoms with E-state index in [1.165, 1.54) is 23.9 Å². The summed E-state index contributed by atoms with van der Waals surface area (Å²) >= 11 is 1.42. The van der Waals surface area contributed by atoms with E-state index in [-0.39, 0.29) is 29.3 Å². The third-order valence-corrected chi connectivity index (χ3v) is 6.53. The van der Waals surface area contributed by atoms with E-state index in [1.54, 1.807) is 24.1 Å². The number of carbonyl (C=O) groups excluding carboxylic acids is 2. The normalized spacial score (nSPS) is 12.5. The number of hydrogen-bond donors (Lipinski definition) is 1. The van der Waals surface area contributed by atoms with Gasteiger partial charge in [-0.3, -0.25) is 19.7 Å². The molecule has 0 saturated carbocycles. The summed E-state index contributed by atoms with van der Waals surface area (Å²) < 4.78 is 5.21. The van der Waals surface area contributed by atoms with Gasteiger partial charge in [-0.2, -0.15) is 0 Å². The lowest BCUT2D eigenvalue weighted by atomic mass is 10.1. The molecule has 0 bridgehead atoms. The molecule has 1 N–H and O–H groups in total. The fourth-order valence-corrected chi connectivity index (χ4v) is 4.21. The molecule has 0 aliphatic carbocycles. The molecule has 0 heterocycles. The summed E-state index contributed by atoms with van der Waals surface area (Å²) in [6.45, 7) is 6.16. The van der Waals surface area contributed by atoms with Crippen molar-refractivity contribution < 1.29 is 19.2 Å². The van der Waals surface area contributed by atoms with Gasteiger partial charge in [0.1, 0.15) is 11.8 Å². The molecular weight excluding hydrogens is 454 g/mol. The van der Waals surface area contributed by atoms with Crippen LogP contribution >= 0.6 is 11.8 Å². The fraction of sp³-hybridized carbons (Fsp3) is 0.440. The largest absolute Gasteiger partial charge is 0.497 e. The van der Waals surface area contributed by atoms with Crippen molar-refractivity contribution in [3.05, 3.63) is 69.8 Å². The SMILES string of the molecule is CC[C@H](C)NC(=O)[C@H](CC)N(Cc1ccc(OC)cc1)C(=O)CSCc1ccc([N+](=O)[O-])cc1. The van der Waals surface area contributed by atoms with Crippen molar-refractivity contribution in [2.75, 3.05) is 12.9 Å².